The summed E-state index contributed by atoms with van der Waals surface area (Å²) in [5.41, 5.74) is 1.05. The normalized spacial score (nSPS) is 12.3. The zero-order valence-electron chi connectivity index (χ0n) is 18.7. The van der Waals surface area contributed by atoms with Gasteiger partial charge < -0.3 is 18.9 Å². The van der Waals surface area contributed by atoms with Gasteiger partial charge in [0.05, 0.1) is 31.5 Å². The van der Waals surface area contributed by atoms with Crippen molar-refractivity contribution in [2.75, 3.05) is 33.0 Å². The van der Waals surface area contributed by atoms with Crippen LogP contribution in [0.5, 0.6) is 5.75 Å². The Balaban J connectivity index is 0.00000326. The van der Waals surface area contributed by atoms with Gasteiger partial charge in [-0.1, -0.05) is 38.5 Å². The summed E-state index contributed by atoms with van der Waals surface area (Å²) in [6.07, 6.45) is 2.96. The lowest BCUT2D eigenvalue weighted by Crippen LogP contribution is -2.29. The van der Waals surface area contributed by atoms with Crippen LogP contribution in [0.1, 0.15) is 66.4 Å². The highest BCUT2D eigenvalue weighted by atomic mass is 16.5. The lowest BCUT2D eigenvalue weighted by atomic mass is 10.1. The second-order valence-corrected chi connectivity index (χ2v) is 7.10. The largest absolute Gasteiger partial charge is 0.493 e. The van der Waals surface area contributed by atoms with Gasteiger partial charge in [-0.25, -0.2) is 0 Å². The van der Waals surface area contributed by atoms with Crippen molar-refractivity contribution in [3.63, 3.8) is 0 Å². The molecule has 0 heterocycles. The number of hydrogen-bond donors (Lipinski definition) is 0. The van der Waals surface area contributed by atoms with Crippen molar-refractivity contribution in [1.29, 1.82) is 0 Å². The van der Waals surface area contributed by atoms with Crippen LogP contribution in [0.15, 0.2) is 24.3 Å². The SMILES string of the molecule is CC.CCCOCCOC(C)(C)CCOC(C)CCOc1ccc(C)cc1. The average molecular weight is 383 g/mol. The molecule has 0 amide bonds. The molecule has 0 N–H and O–H groups in total. The molecule has 27 heavy (non-hydrogen) atoms. The van der Waals surface area contributed by atoms with E-state index < -0.39 is 0 Å². The predicted molar refractivity (Wildman–Crippen MR) is 114 cm³/mol. The summed E-state index contributed by atoms with van der Waals surface area (Å²) in [5.74, 6) is 0.914. The van der Waals surface area contributed by atoms with Crippen LogP contribution in [0, 0.1) is 6.92 Å². The molecule has 1 atom stereocenters. The summed E-state index contributed by atoms with van der Waals surface area (Å²) in [6, 6.07) is 8.13. The molecule has 1 rings (SSSR count). The van der Waals surface area contributed by atoms with Gasteiger partial charge in [-0.2, -0.15) is 0 Å². The minimum absolute atomic E-state index is 0.175. The molecule has 4 nitrogen and oxygen atoms in total. The zero-order valence-corrected chi connectivity index (χ0v) is 18.7. The second kappa shape index (κ2) is 15.9. The van der Waals surface area contributed by atoms with Crippen LogP contribution in [0.3, 0.4) is 0 Å². The van der Waals surface area contributed by atoms with Gasteiger partial charge in [-0.05, 0) is 52.7 Å². The number of hydrogen-bond acceptors (Lipinski definition) is 4. The van der Waals surface area contributed by atoms with E-state index in [0.717, 1.165) is 31.6 Å². The van der Waals surface area contributed by atoms with Crippen molar-refractivity contribution in [3.05, 3.63) is 29.8 Å². The Morgan fingerprint density at radius 3 is 2.22 bits per heavy atom. The van der Waals surface area contributed by atoms with Gasteiger partial charge in [0.15, 0.2) is 0 Å². The van der Waals surface area contributed by atoms with Gasteiger partial charge in [0, 0.05) is 19.6 Å². The van der Waals surface area contributed by atoms with Crippen LogP contribution in [-0.4, -0.2) is 44.7 Å². The van der Waals surface area contributed by atoms with Gasteiger partial charge in [0.25, 0.3) is 0 Å². The third kappa shape index (κ3) is 14.6. The van der Waals surface area contributed by atoms with Crippen LogP contribution in [-0.2, 0) is 14.2 Å². The number of benzene rings is 1. The van der Waals surface area contributed by atoms with Crippen molar-refractivity contribution >= 4 is 0 Å². The maximum atomic E-state index is 5.89. The first-order valence-electron chi connectivity index (χ1n) is 10.5. The van der Waals surface area contributed by atoms with Crippen molar-refractivity contribution in [2.45, 2.75) is 79.4 Å². The Hall–Kier alpha value is -1.10. The van der Waals surface area contributed by atoms with E-state index in [-0.39, 0.29) is 11.7 Å². The highest BCUT2D eigenvalue weighted by molar-refractivity contribution is 5.26. The van der Waals surface area contributed by atoms with E-state index in [1.165, 1.54) is 5.56 Å². The first-order valence-corrected chi connectivity index (χ1v) is 10.5. The Morgan fingerprint density at radius 2 is 1.59 bits per heavy atom. The van der Waals surface area contributed by atoms with Crippen molar-refractivity contribution < 1.29 is 18.9 Å². The minimum atomic E-state index is -0.187. The smallest absolute Gasteiger partial charge is 0.119 e. The highest BCUT2D eigenvalue weighted by Crippen LogP contribution is 2.16. The summed E-state index contributed by atoms with van der Waals surface area (Å²) in [5, 5.41) is 0. The van der Waals surface area contributed by atoms with Gasteiger partial charge in [-0.15, -0.1) is 0 Å². The topological polar surface area (TPSA) is 36.9 Å². The van der Waals surface area contributed by atoms with Crippen molar-refractivity contribution in [1.82, 2.24) is 0 Å². The third-order valence-electron chi connectivity index (χ3n) is 3.99. The van der Waals surface area contributed by atoms with E-state index in [1.54, 1.807) is 0 Å². The van der Waals surface area contributed by atoms with Crippen molar-refractivity contribution in [2.24, 2.45) is 0 Å². The second-order valence-electron chi connectivity index (χ2n) is 7.10. The molecule has 0 aliphatic rings. The van der Waals surface area contributed by atoms with Crippen LogP contribution >= 0.6 is 0 Å². The molecular weight excluding hydrogens is 340 g/mol. The molecule has 1 aromatic rings. The van der Waals surface area contributed by atoms with Gasteiger partial charge >= 0.3 is 0 Å². The maximum absolute atomic E-state index is 5.89. The van der Waals surface area contributed by atoms with E-state index >= 15 is 0 Å². The van der Waals surface area contributed by atoms with E-state index in [1.807, 2.05) is 26.0 Å². The Morgan fingerprint density at radius 1 is 0.926 bits per heavy atom. The maximum Gasteiger partial charge on any atom is 0.119 e. The molecule has 0 bridgehead atoms. The van der Waals surface area contributed by atoms with E-state index in [0.29, 0.717) is 26.4 Å². The standard InChI is InChI=1S/C21H36O4.C2H6/c1-6-13-22-16-17-25-21(4,5)12-15-23-19(3)11-14-24-20-9-7-18(2)8-10-20;1-2/h7-10,19H,6,11-17H2,1-5H3;1-2H3. The average Bonchev–Trinajstić information content (AvgIpc) is 2.64. The Bertz CT molecular complexity index is 442. The summed E-state index contributed by atoms with van der Waals surface area (Å²) in [6.45, 7) is 17.9. The fraction of sp³-hybridized carbons (Fsp3) is 0.739. The summed E-state index contributed by atoms with van der Waals surface area (Å²) in [7, 11) is 0. The number of rotatable bonds is 14. The molecule has 0 radical (unpaired) electrons. The summed E-state index contributed by atoms with van der Waals surface area (Å²) >= 11 is 0. The van der Waals surface area contributed by atoms with E-state index in [2.05, 4.69) is 46.8 Å². The summed E-state index contributed by atoms with van der Waals surface area (Å²) < 4.78 is 22.9. The lowest BCUT2D eigenvalue weighted by molar-refractivity contribution is -0.0683. The Labute approximate surface area is 167 Å². The lowest BCUT2D eigenvalue weighted by Gasteiger charge is -2.26. The summed E-state index contributed by atoms with van der Waals surface area (Å²) in [4.78, 5) is 0. The molecule has 0 spiro atoms. The minimum Gasteiger partial charge on any atom is -0.493 e. The van der Waals surface area contributed by atoms with Crippen LogP contribution in [0.2, 0.25) is 0 Å². The number of aryl methyl sites for hydroxylation is 1. The molecule has 0 aliphatic carbocycles. The van der Waals surface area contributed by atoms with Gasteiger partial charge in [0.1, 0.15) is 5.75 Å². The number of ether oxygens (including phenoxy) is 4. The highest BCUT2D eigenvalue weighted by Gasteiger charge is 2.18. The molecule has 0 aromatic heterocycles. The molecule has 1 aromatic carbocycles. The third-order valence-corrected chi connectivity index (χ3v) is 3.99. The Kier molecular flexibility index (Phi) is 15.3. The van der Waals surface area contributed by atoms with E-state index in [9.17, 15) is 0 Å². The molecule has 158 valence electrons. The molecule has 0 saturated heterocycles. The first kappa shape index (κ1) is 25.9. The van der Waals surface area contributed by atoms with E-state index in [4.69, 9.17) is 18.9 Å². The molecule has 4 heteroatoms. The quantitative estimate of drug-likeness (QED) is 0.381. The fourth-order valence-electron chi connectivity index (χ4n) is 2.26. The molecule has 0 saturated carbocycles. The van der Waals surface area contributed by atoms with Crippen LogP contribution in [0.4, 0.5) is 0 Å². The van der Waals surface area contributed by atoms with Gasteiger partial charge in [-0.3, -0.25) is 0 Å². The predicted octanol–water partition coefficient (Wildman–Crippen LogP) is 5.81. The fourth-order valence-corrected chi connectivity index (χ4v) is 2.26. The first-order chi connectivity index (χ1) is 12.9. The van der Waals surface area contributed by atoms with Gasteiger partial charge in [0.2, 0.25) is 0 Å². The van der Waals surface area contributed by atoms with Crippen LogP contribution < -0.4 is 4.74 Å². The van der Waals surface area contributed by atoms with Crippen LogP contribution in [0.25, 0.3) is 0 Å². The molecule has 0 fully saturated rings. The molecule has 0 aliphatic heterocycles. The molecule has 1 unspecified atom stereocenters. The zero-order chi connectivity index (χ0) is 20.5. The molecular formula is C23H42O4. The van der Waals surface area contributed by atoms with Crippen molar-refractivity contribution in [3.8, 4) is 5.75 Å². The monoisotopic (exact) mass is 382 g/mol.